The van der Waals surface area contributed by atoms with E-state index in [1.807, 2.05) is 36.4 Å². The quantitative estimate of drug-likeness (QED) is 0.377. The molecule has 136 valence electrons. The van der Waals surface area contributed by atoms with Gasteiger partial charge in [0.25, 0.3) is 0 Å². The minimum absolute atomic E-state index is 0.186. The molecule has 0 amide bonds. The summed E-state index contributed by atoms with van der Waals surface area (Å²) >= 11 is 1.80. The molecule has 3 nitrogen and oxygen atoms in total. The van der Waals surface area contributed by atoms with Gasteiger partial charge in [0.15, 0.2) is 11.5 Å². The molecule has 3 aliphatic heterocycles. The summed E-state index contributed by atoms with van der Waals surface area (Å²) in [5, 5.41) is 0. The molecule has 3 aliphatic rings. The highest BCUT2D eigenvalue weighted by molar-refractivity contribution is 7.99. The molecule has 0 bridgehead atoms. The molecular formula is C24H14BNO2S. The lowest BCUT2D eigenvalue weighted by molar-refractivity contribution is 0.475. The van der Waals surface area contributed by atoms with Crippen LogP contribution in [0.15, 0.2) is 94.7 Å². The Morgan fingerprint density at radius 3 is 2.14 bits per heavy atom. The second kappa shape index (κ2) is 5.61. The van der Waals surface area contributed by atoms with Crippen molar-refractivity contribution < 1.29 is 9.39 Å². The third-order valence-electron chi connectivity index (χ3n) is 5.70. The average molecular weight is 391 g/mol. The highest BCUT2D eigenvalue weighted by atomic mass is 32.2. The molecule has 3 heterocycles. The monoisotopic (exact) mass is 391 g/mol. The first-order valence-electron chi connectivity index (χ1n) is 9.65. The van der Waals surface area contributed by atoms with E-state index >= 15 is 0 Å². The Labute approximate surface area is 173 Å². The maximum absolute atomic E-state index is 6.55. The summed E-state index contributed by atoms with van der Waals surface area (Å²) in [7, 11) is 0. The van der Waals surface area contributed by atoms with Crippen LogP contribution in [0, 0.1) is 0 Å². The Kier molecular flexibility index (Phi) is 3.02. The summed E-state index contributed by atoms with van der Waals surface area (Å²) in [5.74, 6) is 2.64. The zero-order valence-electron chi connectivity index (χ0n) is 15.3. The van der Waals surface area contributed by atoms with Crippen LogP contribution in [0.2, 0.25) is 0 Å². The van der Waals surface area contributed by atoms with Crippen molar-refractivity contribution in [3.63, 3.8) is 0 Å². The Bertz CT molecular complexity index is 1230. The normalized spacial score (nSPS) is 14.2. The number of benzene rings is 4. The van der Waals surface area contributed by atoms with Gasteiger partial charge in [-0.15, -0.1) is 0 Å². The number of ether oxygens (including phenoxy) is 1. The molecule has 5 heteroatoms. The minimum Gasteiger partial charge on any atom is -0.551 e. The van der Waals surface area contributed by atoms with Gasteiger partial charge in [-0.1, -0.05) is 60.3 Å². The van der Waals surface area contributed by atoms with Crippen molar-refractivity contribution in [2.24, 2.45) is 0 Å². The summed E-state index contributed by atoms with van der Waals surface area (Å²) in [6.45, 7) is -0.186. The van der Waals surface area contributed by atoms with Crippen LogP contribution < -0.4 is 25.2 Å². The molecule has 0 spiro atoms. The Balaban J connectivity index is 1.53. The number of hydrogen-bond donors (Lipinski definition) is 0. The van der Waals surface area contributed by atoms with E-state index < -0.39 is 0 Å². The lowest BCUT2D eigenvalue weighted by Crippen LogP contribution is -2.55. The van der Waals surface area contributed by atoms with Gasteiger partial charge < -0.3 is 14.3 Å². The fourth-order valence-corrected chi connectivity index (χ4v) is 5.66. The van der Waals surface area contributed by atoms with Gasteiger partial charge in [-0.3, -0.25) is 0 Å². The van der Waals surface area contributed by atoms with Crippen LogP contribution in [0.5, 0.6) is 17.2 Å². The molecule has 0 radical (unpaired) electrons. The molecule has 0 N–H and O–H groups in total. The van der Waals surface area contributed by atoms with Gasteiger partial charge in [-0.2, -0.15) is 0 Å². The van der Waals surface area contributed by atoms with Crippen molar-refractivity contribution in [3.8, 4) is 17.2 Å². The first-order chi connectivity index (χ1) is 14.4. The fraction of sp³-hybridized carbons (Fsp3) is 0. The second-order valence-electron chi connectivity index (χ2n) is 7.34. The maximum atomic E-state index is 6.55. The third kappa shape index (κ3) is 2.05. The first kappa shape index (κ1) is 15.6. The van der Waals surface area contributed by atoms with Gasteiger partial charge in [-0.05, 0) is 47.3 Å². The zero-order chi connectivity index (χ0) is 18.9. The Hall–Kier alpha value is -3.31. The average Bonchev–Trinajstić information content (AvgIpc) is 2.77. The maximum Gasteiger partial charge on any atom is 0.430 e. The van der Waals surface area contributed by atoms with E-state index in [-0.39, 0.29) is 6.92 Å². The van der Waals surface area contributed by atoms with Gasteiger partial charge >= 0.3 is 6.92 Å². The SMILES string of the molecule is c1ccc(OB2c3cccc4c3N3c5c(cccc5Sc5cccc2c53)O4)cc1. The molecule has 0 aliphatic carbocycles. The van der Waals surface area contributed by atoms with Crippen molar-refractivity contribution in [2.75, 3.05) is 4.90 Å². The van der Waals surface area contributed by atoms with Crippen LogP contribution in [0.3, 0.4) is 0 Å². The van der Waals surface area contributed by atoms with Gasteiger partial charge in [0.1, 0.15) is 5.69 Å². The zero-order valence-corrected chi connectivity index (χ0v) is 16.1. The molecule has 0 aromatic heterocycles. The summed E-state index contributed by atoms with van der Waals surface area (Å²) in [4.78, 5) is 4.84. The number of nitrogens with zero attached hydrogens (tertiary/aromatic N) is 1. The highest BCUT2D eigenvalue weighted by Crippen LogP contribution is 2.59. The molecule has 4 aromatic rings. The molecule has 0 saturated heterocycles. The number of hydrogen-bond acceptors (Lipinski definition) is 4. The molecule has 0 unspecified atom stereocenters. The van der Waals surface area contributed by atoms with Crippen molar-refractivity contribution in [3.05, 3.63) is 84.9 Å². The Morgan fingerprint density at radius 2 is 1.31 bits per heavy atom. The minimum atomic E-state index is -0.186. The topological polar surface area (TPSA) is 21.7 Å². The summed E-state index contributed by atoms with van der Waals surface area (Å²) in [5.41, 5.74) is 5.75. The first-order valence-corrected chi connectivity index (χ1v) is 10.5. The van der Waals surface area contributed by atoms with Crippen LogP contribution in [0.1, 0.15) is 0 Å². The van der Waals surface area contributed by atoms with Crippen LogP contribution in [-0.4, -0.2) is 6.92 Å². The lowest BCUT2D eigenvalue weighted by Gasteiger charge is -2.43. The molecule has 4 aromatic carbocycles. The summed E-state index contributed by atoms with van der Waals surface area (Å²) in [6, 6.07) is 29.1. The van der Waals surface area contributed by atoms with Gasteiger partial charge in [-0.25, -0.2) is 0 Å². The third-order valence-corrected chi connectivity index (χ3v) is 6.79. The van der Waals surface area contributed by atoms with Crippen LogP contribution in [0.4, 0.5) is 17.1 Å². The van der Waals surface area contributed by atoms with E-state index in [0.29, 0.717) is 0 Å². The molecule has 29 heavy (non-hydrogen) atoms. The van der Waals surface area contributed by atoms with Crippen LogP contribution in [-0.2, 0) is 0 Å². The van der Waals surface area contributed by atoms with Gasteiger partial charge in [0.05, 0.1) is 17.1 Å². The Morgan fingerprint density at radius 1 is 0.655 bits per heavy atom. The highest BCUT2D eigenvalue weighted by Gasteiger charge is 2.45. The molecule has 0 fully saturated rings. The van der Waals surface area contributed by atoms with E-state index in [9.17, 15) is 0 Å². The van der Waals surface area contributed by atoms with E-state index in [0.717, 1.165) is 34.1 Å². The second-order valence-corrected chi connectivity index (χ2v) is 8.43. The number of anilines is 3. The predicted octanol–water partition coefficient (Wildman–Crippen LogP) is 5.22. The van der Waals surface area contributed by atoms with Crippen LogP contribution in [0.25, 0.3) is 0 Å². The number of rotatable bonds is 2. The molecule has 0 saturated carbocycles. The van der Waals surface area contributed by atoms with Crippen molar-refractivity contribution in [2.45, 2.75) is 9.79 Å². The fourth-order valence-electron chi connectivity index (χ4n) is 4.53. The molecule has 7 rings (SSSR count). The molecular weight excluding hydrogens is 377 g/mol. The van der Waals surface area contributed by atoms with Crippen LogP contribution >= 0.6 is 11.8 Å². The van der Waals surface area contributed by atoms with Crippen molar-refractivity contribution in [1.29, 1.82) is 0 Å². The summed E-state index contributed by atoms with van der Waals surface area (Å²) < 4.78 is 12.9. The van der Waals surface area contributed by atoms with E-state index in [1.54, 1.807) is 11.8 Å². The molecule has 0 atom stereocenters. The van der Waals surface area contributed by atoms with Gasteiger partial charge in [0, 0.05) is 9.79 Å². The smallest absolute Gasteiger partial charge is 0.430 e. The predicted molar refractivity (Wildman–Crippen MR) is 117 cm³/mol. The summed E-state index contributed by atoms with van der Waals surface area (Å²) in [6.07, 6.45) is 0. The van der Waals surface area contributed by atoms with Crippen molar-refractivity contribution >= 4 is 46.7 Å². The van der Waals surface area contributed by atoms with Crippen molar-refractivity contribution in [1.82, 2.24) is 0 Å². The van der Waals surface area contributed by atoms with Gasteiger partial charge in [0.2, 0.25) is 0 Å². The van der Waals surface area contributed by atoms with E-state index in [1.165, 1.54) is 20.9 Å². The lowest BCUT2D eigenvalue weighted by atomic mass is 9.52. The van der Waals surface area contributed by atoms with E-state index in [4.69, 9.17) is 9.39 Å². The van der Waals surface area contributed by atoms with E-state index in [2.05, 4.69) is 53.4 Å². The largest absolute Gasteiger partial charge is 0.551 e. The number of para-hydroxylation sites is 4. The standard InChI is InChI=1S/C24H14BNO2S/c1-2-7-15(8-3-1)28-25-16-9-4-11-18-22(16)26-23-17(25)10-5-13-20(23)29-21-14-6-12-19(27-18)24(21)26/h1-14H.